The molecule has 1 amide bonds. The van der Waals surface area contributed by atoms with Crippen LogP contribution in [0.1, 0.15) is 16.1 Å². The highest BCUT2D eigenvalue weighted by atomic mass is 19.4. The number of nitrogens with zero attached hydrogens (tertiary/aromatic N) is 2. The lowest BCUT2D eigenvalue weighted by atomic mass is 10.2. The zero-order valence-electron chi connectivity index (χ0n) is 12.9. The van der Waals surface area contributed by atoms with Crippen molar-refractivity contribution in [1.82, 2.24) is 9.78 Å². The van der Waals surface area contributed by atoms with E-state index in [4.69, 9.17) is 0 Å². The average molecular weight is 367 g/mol. The van der Waals surface area contributed by atoms with Crippen molar-refractivity contribution in [3.8, 4) is 5.69 Å². The molecule has 2 aromatic carbocycles. The van der Waals surface area contributed by atoms with E-state index in [0.717, 1.165) is 12.3 Å². The molecule has 1 heterocycles. The summed E-state index contributed by atoms with van der Waals surface area (Å²) in [6, 6.07) is 9.82. The number of aromatic nitrogens is 2. The fraction of sp³-hybridized carbons (Fsp3) is 0.0588. The Morgan fingerprint density at radius 3 is 2.31 bits per heavy atom. The molecule has 0 aliphatic rings. The van der Waals surface area contributed by atoms with Gasteiger partial charge in [-0.25, -0.2) is 13.5 Å². The molecule has 0 unspecified atom stereocenters. The van der Waals surface area contributed by atoms with Crippen LogP contribution in [0, 0.1) is 11.6 Å². The van der Waals surface area contributed by atoms with Crippen molar-refractivity contribution in [2.24, 2.45) is 0 Å². The number of benzene rings is 2. The molecule has 0 spiro atoms. The van der Waals surface area contributed by atoms with Crippen LogP contribution in [-0.4, -0.2) is 15.7 Å². The van der Waals surface area contributed by atoms with E-state index in [1.165, 1.54) is 24.3 Å². The number of carbonyl (C=O) groups excluding carboxylic acids is 1. The van der Waals surface area contributed by atoms with Gasteiger partial charge in [0.1, 0.15) is 0 Å². The minimum Gasteiger partial charge on any atom is -0.319 e. The second-order valence-electron chi connectivity index (χ2n) is 5.23. The van der Waals surface area contributed by atoms with E-state index in [1.807, 2.05) is 5.32 Å². The van der Waals surface area contributed by atoms with Crippen molar-refractivity contribution < 1.29 is 26.7 Å². The summed E-state index contributed by atoms with van der Waals surface area (Å²) in [5.41, 5.74) is -1.98. The summed E-state index contributed by atoms with van der Waals surface area (Å²) in [6.45, 7) is 0. The van der Waals surface area contributed by atoms with Gasteiger partial charge in [0, 0.05) is 5.56 Å². The van der Waals surface area contributed by atoms with Crippen molar-refractivity contribution in [1.29, 1.82) is 0 Å². The third-order valence-corrected chi connectivity index (χ3v) is 3.47. The fourth-order valence-electron chi connectivity index (χ4n) is 2.31. The number of para-hydroxylation sites is 1. The van der Waals surface area contributed by atoms with Gasteiger partial charge in [-0.15, -0.1) is 0 Å². The van der Waals surface area contributed by atoms with Crippen LogP contribution >= 0.6 is 0 Å². The fourth-order valence-corrected chi connectivity index (χ4v) is 2.31. The zero-order chi connectivity index (χ0) is 18.9. The number of hydrogen-bond donors (Lipinski definition) is 1. The number of anilines is 1. The number of hydrogen-bond acceptors (Lipinski definition) is 2. The Kier molecular flexibility index (Phi) is 4.45. The molecular formula is C17H10F5N3O. The molecule has 1 N–H and O–H groups in total. The second kappa shape index (κ2) is 6.58. The van der Waals surface area contributed by atoms with E-state index in [-0.39, 0.29) is 11.3 Å². The number of carbonyl (C=O) groups is 1. The van der Waals surface area contributed by atoms with Gasteiger partial charge in [0.05, 0.1) is 17.6 Å². The molecular weight excluding hydrogens is 357 g/mol. The SMILES string of the molecule is O=C(Nc1cnn(-c2ccccc2)c1C(F)(F)F)c1ccc(F)c(F)c1. The summed E-state index contributed by atoms with van der Waals surface area (Å²) < 4.78 is 67.2. The van der Waals surface area contributed by atoms with Crippen LogP contribution in [0.2, 0.25) is 0 Å². The maximum atomic E-state index is 13.5. The largest absolute Gasteiger partial charge is 0.435 e. The third kappa shape index (κ3) is 3.41. The lowest BCUT2D eigenvalue weighted by Crippen LogP contribution is -2.19. The normalized spacial score (nSPS) is 11.4. The Morgan fingerprint density at radius 1 is 1.00 bits per heavy atom. The predicted molar refractivity (Wildman–Crippen MR) is 82.9 cm³/mol. The lowest BCUT2D eigenvalue weighted by molar-refractivity contribution is -0.142. The minimum absolute atomic E-state index is 0.146. The smallest absolute Gasteiger partial charge is 0.319 e. The first-order valence-corrected chi connectivity index (χ1v) is 7.24. The maximum Gasteiger partial charge on any atom is 0.435 e. The van der Waals surface area contributed by atoms with Gasteiger partial charge in [-0.05, 0) is 30.3 Å². The summed E-state index contributed by atoms with van der Waals surface area (Å²) in [7, 11) is 0. The van der Waals surface area contributed by atoms with Crippen molar-refractivity contribution in [3.05, 3.63) is 77.6 Å². The monoisotopic (exact) mass is 367 g/mol. The molecule has 0 saturated heterocycles. The molecule has 0 atom stereocenters. The van der Waals surface area contributed by atoms with Crippen LogP contribution < -0.4 is 5.32 Å². The highest BCUT2D eigenvalue weighted by Crippen LogP contribution is 2.36. The zero-order valence-corrected chi connectivity index (χ0v) is 12.9. The van der Waals surface area contributed by atoms with Gasteiger partial charge in [-0.1, -0.05) is 18.2 Å². The molecule has 4 nitrogen and oxygen atoms in total. The Hall–Kier alpha value is -3.23. The molecule has 134 valence electrons. The van der Waals surface area contributed by atoms with Crippen LogP contribution in [0.15, 0.2) is 54.7 Å². The van der Waals surface area contributed by atoms with Crippen molar-refractivity contribution in [2.45, 2.75) is 6.18 Å². The van der Waals surface area contributed by atoms with Crippen LogP contribution in [0.25, 0.3) is 5.69 Å². The van der Waals surface area contributed by atoms with Gasteiger partial charge in [0.25, 0.3) is 5.91 Å². The highest BCUT2D eigenvalue weighted by Gasteiger charge is 2.39. The van der Waals surface area contributed by atoms with Gasteiger partial charge in [0.2, 0.25) is 0 Å². The first kappa shape index (κ1) is 17.6. The van der Waals surface area contributed by atoms with E-state index >= 15 is 0 Å². The van der Waals surface area contributed by atoms with Crippen LogP contribution in [0.4, 0.5) is 27.6 Å². The molecule has 3 rings (SSSR count). The summed E-state index contributed by atoms with van der Waals surface area (Å²) in [5.74, 6) is -3.48. The molecule has 9 heteroatoms. The Bertz CT molecular complexity index is 951. The number of rotatable bonds is 3. The van der Waals surface area contributed by atoms with Gasteiger partial charge < -0.3 is 5.32 Å². The van der Waals surface area contributed by atoms with Crippen molar-refractivity contribution >= 4 is 11.6 Å². The topological polar surface area (TPSA) is 46.9 Å². The molecule has 1 aromatic heterocycles. The van der Waals surface area contributed by atoms with E-state index < -0.39 is 35.1 Å². The van der Waals surface area contributed by atoms with Gasteiger partial charge in [-0.2, -0.15) is 18.3 Å². The number of amides is 1. The Morgan fingerprint density at radius 2 is 1.69 bits per heavy atom. The van der Waals surface area contributed by atoms with E-state index in [9.17, 15) is 26.7 Å². The maximum absolute atomic E-state index is 13.5. The van der Waals surface area contributed by atoms with Crippen molar-refractivity contribution in [2.75, 3.05) is 5.32 Å². The Labute approximate surface area is 143 Å². The van der Waals surface area contributed by atoms with E-state index in [0.29, 0.717) is 16.8 Å². The molecule has 0 bridgehead atoms. The predicted octanol–water partition coefficient (Wildman–Crippen LogP) is 4.42. The summed E-state index contributed by atoms with van der Waals surface area (Å²) in [4.78, 5) is 12.1. The number of halogens is 5. The minimum atomic E-state index is -4.82. The van der Waals surface area contributed by atoms with Crippen LogP contribution in [0.3, 0.4) is 0 Å². The first-order valence-electron chi connectivity index (χ1n) is 7.24. The molecule has 0 aliphatic heterocycles. The summed E-state index contributed by atoms with van der Waals surface area (Å²) >= 11 is 0. The molecule has 26 heavy (non-hydrogen) atoms. The average Bonchev–Trinajstić information content (AvgIpc) is 3.02. The molecule has 0 saturated carbocycles. The van der Waals surface area contributed by atoms with Crippen LogP contribution in [0.5, 0.6) is 0 Å². The second-order valence-corrected chi connectivity index (χ2v) is 5.23. The van der Waals surface area contributed by atoms with Crippen molar-refractivity contribution in [3.63, 3.8) is 0 Å². The molecule has 3 aromatic rings. The van der Waals surface area contributed by atoms with Crippen LogP contribution in [-0.2, 0) is 6.18 Å². The molecule has 0 radical (unpaired) electrons. The third-order valence-electron chi connectivity index (χ3n) is 3.47. The van der Waals surface area contributed by atoms with E-state index in [1.54, 1.807) is 6.07 Å². The Balaban J connectivity index is 1.99. The van der Waals surface area contributed by atoms with Gasteiger partial charge in [0.15, 0.2) is 17.3 Å². The van der Waals surface area contributed by atoms with Gasteiger partial charge in [-0.3, -0.25) is 4.79 Å². The quantitative estimate of drug-likeness (QED) is 0.697. The standard InChI is InChI=1S/C17H10F5N3O/c18-12-7-6-10(8-13(12)19)16(26)24-14-9-23-25(15(14)17(20,21)22)11-4-2-1-3-5-11/h1-9H,(H,24,26). The summed E-state index contributed by atoms with van der Waals surface area (Å²) in [6.07, 6.45) is -3.98. The first-order chi connectivity index (χ1) is 12.3. The van der Waals surface area contributed by atoms with Gasteiger partial charge >= 0.3 is 6.18 Å². The number of alkyl halides is 3. The van der Waals surface area contributed by atoms with E-state index in [2.05, 4.69) is 5.10 Å². The highest BCUT2D eigenvalue weighted by molar-refractivity contribution is 6.04. The number of nitrogens with one attached hydrogen (secondary N) is 1. The summed E-state index contributed by atoms with van der Waals surface area (Å²) in [5, 5.41) is 5.72. The molecule has 0 fully saturated rings. The lowest BCUT2D eigenvalue weighted by Gasteiger charge is -2.13. The molecule has 0 aliphatic carbocycles.